The van der Waals surface area contributed by atoms with E-state index in [2.05, 4.69) is 31.8 Å². The van der Waals surface area contributed by atoms with Gasteiger partial charge < -0.3 is 20.3 Å². The molecule has 0 saturated carbocycles. The lowest BCUT2D eigenvalue weighted by molar-refractivity contribution is 0.139. The number of unbranched alkanes of at least 4 members (excludes halogenated alkanes) is 2. The fraction of sp³-hybridized carbons (Fsp3) is 0.560. The van der Waals surface area contributed by atoms with Crippen LogP contribution in [0, 0.1) is 5.92 Å². The number of aromatic hydroxyl groups is 2. The van der Waals surface area contributed by atoms with E-state index in [4.69, 9.17) is 4.74 Å². The van der Waals surface area contributed by atoms with Crippen LogP contribution in [0.25, 0.3) is 0 Å². The molecule has 1 amide bonds. The maximum Gasteiger partial charge on any atom is 0.407 e. The van der Waals surface area contributed by atoms with Gasteiger partial charge >= 0.3 is 6.09 Å². The van der Waals surface area contributed by atoms with Crippen LogP contribution in [0.3, 0.4) is 0 Å². The summed E-state index contributed by atoms with van der Waals surface area (Å²) in [6, 6.07) is 1.74. The Bertz CT molecular complexity index is 797. The van der Waals surface area contributed by atoms with Crippen molar-refractivity contribution in [2.24, 2.45) is 5.92 Å². The summed E-state index contributed by atoms with van der Waals surface area (Å²) in [4.78, 5) is 11.9. The molecule has 2 rings (SSSR count). The van der Waals surface area contributed by atoms with Crippen LogP contribution in [0.2, 0.25) is 0 Å². The van der Waals surface area contributed by atoms with E-state index in [1.807, 2.05) is 13.8 Å². The molecular formula is C25H37NO4. The first-order chi connectivity index (χ1) is 14.3. The topological polar surface area (TPSA) is 78.8 Å². The third kappa shape index (κ3) is 5.80. The number of phenols is 2. The van der Waals surface area contributed by atoms with Gasteiger partial charge in [0.25, 0.3) is 0 Å². The zero-order chi connectivity index (χ0) is 22.3. The highest BCUT2D eigenvalue weighted by molar-refractivity contribution is 5.67. The number of alkyl carbamates (subject to hydrolysis) is 1. The Morgan fingerprint density at radius 1 is 1.30 bits per heavy atom. The third-order valence-corrected chi connectivity index (χ3v) is 5.95. The Hall–Kier alpha value is -2.43. The van der Waals surface area contributed by atoms with E-state index in [1.165, 1.54) is 5.57 Å². The standard InChI is InChI=1S/C25H37NO4/c1-6-8-9-10-18-14-22(27)23(20-13-17(5)11-12-19(20)16(3)4)24(28)21(18)15-30-25(29)26-7-2/h13-14,19-20,27-28H,3,6-12,15H2,1-2,4-5H3,(H,26,29). The first-order valence-electron chi connectivity index (χ1n) is 11.1. The minimum absolute atomic E-state index is 0.0282. The molecule has 1 aromatic carbocycles. The van der Waals surface area contributed by atoms with Crippen molar-refractivity contribution in [1.82, 2.24) is 5.32 Å². The zero-order valence-corrected chi connectivity index (χ0v) is 18.9. The lowest BCUT2D eigenvalue weighted by atomic mass is 9.73. The van der Waals surface area contributed by atoms with Crippen molar-refractivity contribution in [2.75, 3.05) is 6.54 Å². The molecule has 0 aliphatic heterocycles. The molecule has 0 heterocycles. The van der Waals surface area contributed by atoms with Crippen LogP contribution in [0.4, 0.5) is 4.79 Å². The second kappa shape index (κ2) is 11.1. The summed E-state index contributed by atoms with van der Waals surface area (Å²) in [7, 11) is 0. The van der Waals surface area contributed by atoms with Gasteiger partial charge in [0.2, 0.25) is 0 Å². The average molecular weight is 416 g/mol. The van der Waals surface area contributed by atoms with Crippen molar-refractivity contribution in [3.05, 3.63) is 46.6 Å². The van der Waals surface area contributed by atoms with Gasteiger partial charge in [0.15, 0.2) is 0 Å². The van der Waals surface area contributed by atoms with Crippen LogP contribution in [0.15, 0.2) is 29.9 Å². The number of carbonyl (C=O) groups excluding carboxylic acids is 1. The summed E-state index contributed by atoms with van der Waals surface area (Å²) in [6.45, 7) is 12.6. The van der Waals surface area contributed by atoms with Gasteiger partial charge in [-0.1, -0.05) is 43.6 Å². The van der Waals surface area contributed by atoms with Crippen LogP contribution >= 0.6 is 0 Å². The molecule has 1 aliphatic carbocycles. The van der Waals surface area contributed by atoms with E-state index >= 15 is 0 Å². The third-order valence-electron chi connectivity index (χ3n) is 5.95. The number of nitrogens with one attached hydrogen (secondary N) is 1. The van der Waals surface area contributed by atoms with E-state index < -0.39 is 6.09 Å². The number of amides is 1. The number of rotatable bonds is 9. The molecule has 5 nitrogen and oxygen atoms in total. The summed E-state index contributed by atoms with van der Waals surface area (Å²) in [5.41, 5.74) is 4.20. The van der Waals surface area contributed by atoms with Gasteiger partial charge in [0.1, 0.15) is 18.1 Å². The molecule has 30 heavy (non-hydrogen) atoms. The molecule has 166 valence electrons. The first kappa shape index (κ1) is 23.8. The van der Waals surface area contributed by atoms with Crippen LogP contribution in [0.1, 0.15) is 82.4 Å². The number of ether oxygens (including phenoxy) is 1. The van der Waals surface area contributed by atoms with Crippen molar-refractivity contribution in [3.63, 3.8) is 0 Å². The molecular weight excluding hydrogens is 378 g/mol. The molecule has 0 fully saturated rings. The fourth-order valence-corrected chi connectivity index (χ4v) is 4.28. The summed E-state index contributed by atoms with van der Waals surface area (Å²) in [6.07, 6.45) is 7.33. The fourth-order valence-electron chi connectivity index (χ4n) is 4.28. The molecule has 3 N–H and O–H groups in total. The van der Waals surface area contributed by atoms with Crippen LogP contribution in [-0.4, -0.2) is 22.9 Å². The molecule has 5 heteroatoms. The highest BCUT2D eigenvalue weighted by Crippen LogP contribution is 2.48. The molecule has 0 bridgehead atoms. The average Bonchev–Trinajstić information content (AvgIpc) is 2.67. The number of carbonyl (C=O) groups is 1. The Kier molecular flexibility index (Phi) is 8.82. The Morgan fingerprint density at radius 3 is 2.67 bits per heavy atom. The molecule has 0 radical (unpaired) electrons. The molecule has 2 unspecified atom stereocenters. The van der Waals surface area contributed by atoms with E-state index in [1.54, 1.807) is 6.07 Å². The van der Waals surface area contributed by atoms with Crippen molar-refractivity contribution >= 4 is 6.09 Å². The van der Waals surface area contributed by atoms with Gasteiger partial charge in [-0.15, -0.1) is 0 Å². The predicted molar refractivity (Wildman–Crippen MR) is 121 cm³/mol. The lowest BCUT2D eigenvalue weighted by Crippen LogP contribution is -2.24. The van der Waals surface area contributed by atoms with E-state index in [0.29, 0.717) is 24.1 Å². The van der Waals surface area contributed by atoms with Crippen LogP contribution < -0.4 is 5.32 Å². The van der Waals surface area contributed by atoms with Crippen molar-refractivity contribution in [2.45, 2.75) is 78.7 Å². The maximum atomic E-state index is 11.9. The van der Waals surface area contributed by atoms with Gasteiger partial charge in [-0.05, 0) is 64.0 Å². The first-order valence-corrected chi connectivity index (χ1v) is 11.1. The Labute approximate surface area is 180 Å². The SMILES string of the molecule is C=C(C)C1CCC(C)=CC1c1c(O)cc(CCCCC)c(COC(=O)NCC)c1O. The maximum absolute atomic E-state index is 11.9. The van der Waals surface area contributed by atoms with Crippen molar-refractivity contribution in [3.8, 4) is 11.5 Å². The molecule has 1 aliphatic rings. The van der Waals surface area contributed by atoms with Gasteiger partial charge in [-0.2, -0.15) is 0 Å². The zero-order valence-electron chi connectivity index (χ0n) is 18.9. The predicted octanol–water partition coefficient (Wildman–Crippen LogP) is 6.09. The number of hydrogen-bond donors (Lipinski definition) is 3. The number of phenolic OH excluding ortho intramolecular Hbond substituents is 2. The second-order valence-corrected chi connectivity index (χ2v) is 8.39. The number of aryl methyl sites for hydroxylation is 1. The largest absolute Gasteiger partial charge is 0.507 e. The molecule has 0 aromatic heterocycles. The van der Waals surface area contributed by atoms with Gasteiger partial charge in [0, 0.05) is 23.6 Å². The quantitative estimate of drug-likeness (QED) is 0.337. The molecule has 2 atom stereocenters. The summed E-state index contributed by atoms with van der Waals surface area (Å²) < 4.78 is 5.35. The van der Waals surface area contributed by atoms with Gasteiger partial charge in [-0.25, -0.2) is 4.79 Å². The monoisotopic (exact) mass is 415 g/mol. The summed E-state index contributed by atoms with van der Waals surface area (Å²) in [5, 5.41) is 24.8. The van der Waals surface area contributed by atoms with E-state index in [0.717, 1.165) is 43.2 Å². The van der Waals surface area contributed by atoms with E-state index in [-0.39, 0.29) is 29.9 Å². The Morgan fingerprint density at radius 2 is 2.03 bits per heavy atom. The highest BCUT2D eigenvalue weighted by Gasteiger charge is 2.31. The van der Waals surface area contributed by atoms with Crippen molar-refractivity contribution < 1.29 is 19.7 Å². The molecule has 1 aromatic rings. The van der Waals surface area contributed by atoms with Crippen molar-refractivity contribution in [1.29, 1.82) is 0 Å². The summed E-state index contributed by atoms with van der Waals surface area (Å²) >= 11 is 0. The second-order valence-electron chi connectivity index (χ2n) is 8.39. The van der Waals surface area contributed by atoms with Crippen LogP contribution in [0.5, 0.6) is 11.5 Å². The van der Waals surface area contributed by atoms with Gasteiger partial charge in [-0.3, -0.25) is 0 Å². The van der Waals surface area contributed by atoms with Gasteiger partial charge in [0.05, 0.1) is 0 Å². The Balaban J connectivity index is 2.49. The minimum atomic E-state index is -0.515. The van der Waals surface area contributed by atoms with E-state index in [9.17, 15) is 15.0 Å². The minimum Gasteiger partial charge on any atom is -0.507 e. The lowest BCUT2D eigenvalue weighted by Gasteiger charge is -2.32. The smallest absolute Gasteiger partial charge is 0.407 e. The molecule has 0 saturated heterocycles. The molecule has 0 spiro atoms. The normalized spacial score (nSPS) is 18.6. The summed E-state index contributed by atoms with van der Waals surface area (Å²) in [5.74, 6) is 0.133. The highest BCUT2D eigenvalue weighted by atomic mass is 16.5. The number of hydrogen-bond acceptors (Lipinski definition) is 4. The van der Waals surface area contributed by atoms with Crippen LogP contribution in [-0.2, 0) is 17.8 Å². The number of allylic oxidation sites excluding steroid dienone is 3. The number of benzene rings is 1.